The van der Waals surface area contributed by atoms with Crippen molar-refractivity contribution in [2.45, 2.75) is 20.8 Å². The van der Waals surface area contributed by atoms with Gasteiger partial charge in [0.1, 0.15) is 23.0 Å². The zero-order valence-corrected chi connectivity index (χ0v) is 17.2. The molecule has 3 heterocycles. The van der Waals surface area contributed by atoms with Crippen molar-refractivity contribution < 1.29 is 9.26 Å². The molecule has 0 spiro atoms. The van der Waals surface area contributed by atoms with Crippen LogP contribution in [-0.2, 0) is 0 Å². The Morgan fingerprint density at radius 2 is 1.90 bits per heavy atom. The minimum absolute atomic E-state index is 0.685. The molecule has 2 aromatic carbocycles. The van der Waals surface area contributed by atoms with Crippen molar-refractivity contribution in [1.29, 1.82) is 0 Å². The number of hydrogen-bond donors (Lipinski definition) is 2. The SMILES string of the molecule is COc1cc2c(cc1-c1c(C)noc1C)[nH]c1nc(C)nc(-c3cccc(N)c3)c12. The van der Waals surface area contributed by atoms with Gasteiger partial charge in [0.05, 0.1) is 29.4 Å². The lowest BCUT2D eigenvalue weighted by Crippen LogP contribution is -1.94. The molecule has 7 nitrogen and oxygen atoms in total. The first-order chi connectivity index (χ1) is 14.5. The Morgan fingerprint density at radius 1 is 1.07 bits per heavy atom. The number of aryl methyl sites for hydroxylation is 3. The van der Waals surface area contributed by atoms with Crippen LogP contribution in [0.25, 0.3) is 44.3 Å². The fourth-order valence-electron chi connectivity index (χ4n) is 4.06. The molecule has 0 bridgehead atoms. The molecular formula is C23H21N5O2. The summed E-state index contributed by atoms with van der Waals surface area (Å²) in [4.78, 5) is 12.8. The predicted molar refractivity (Wildman–Crippen MR) is 118 cm³/mol. The third-order valence-corrected chi connectivity index (χ3v) is 5.35. The summed E-state index contributed by atoms with van der Waals surface area (Å²) >= 11 is 0. The zero-order chi connectivity index (χ0) is 21.0. The van der Waals surface area contributed by atoms with Crippen LogP contribution in [0.5, 0.6) is 5.75 Å². The van der Waals surface area contributed by atoms with Crippen molar-refractivity contribution in [2.24, 2.45) is 0 Å². The summed E-state index contributed by atoms with van der Waals surface area (Å²) in [7, 11) is 1.66. The molecule has 150 valence electrons. The summed E-state index contributed by atoms with van der Waals surface area (Å²) in [6.07, 6.45) is 0. The molecule has 0 unspecified atom stereocenters. The number of aromatic amines is 1. The average molecular weight is 399 g/mol. The van der Waals surface area contributed by atoms with Crippen LogP contribution >= 0.6 is 0 Å². The van der Waals surface area contributed by atoms with Gasteiger partial charge in [0, 0.05) is 27.7 Å². The number of H-pyrrole nitrogens is 1. The van der Waals surface area contributed by atoms with Crippen LogP contribution in [-0.4, -0.2) is 27.2 Å². The number of ether oxygens (including phenoxy) is 1. The highest BCUT2D eigenvalue weighted by molar-refractivity contribution is 6.13. The predicted octanol–water partition coefficient (Wildman–Crippen LogP) is 4.95. The largest absolute Gasteiger partial charge is 0.496 e. The number of hydrogen-bond acceptors (Lipinski definition) is 6. The third-order valence-electron chi connectivity index (χ3n) is 5.35. The van der Waals surface area contributed by atoms with Crippen molar-refractivity contribution in [2.75, 3.05) is 12.8 Å². The molecule has 0 aliphatic carbocycles. The smallest absolute Gasteiger partial charge is 0.142 e. The van der Waals surface area contributed by atoms with E-state index in [1.54, 1.807) is 7.11 Å². The van der Waals surface area contributed by atoms with E-state index in [9.17, 15) is 0 Å². The standard InChI is InChI=1S/C23H21N5O2/c1-11-20(12(2)30-28-11)17-9-18-16(10-19(17)29-4)21-22(14-6-5-7-15(24)8-14)25-13(3)26-23(21)27-18/h5-10H,24H2,1-4H3,(H,25,26,27). The van der Waals surface area contributed by atoms with Gasteiger partial charge in [-0.25, -0.2) is 9.97 Å². The summed E-state index contributed by atoms with van der Waals surface area (Å²) in [6, 6.07) is 11.8. The molecule has 5 aromatic rings. The molecule has 0 radical (unpaired) electrons. The Hall–Kier alpha value is -3.87. The highest BCUT2D eigenvalue weighted by Gasteiger charge is 2.20. The van der Waals surface area contributed by atoms with Gasteiger partial charge in [0.25, 0.3) is 0 Å². The average Bonchev–Trinajstić information content (AvgIpc) is 3.24. The Kier molecular flexibility index (Phi) is 3.99. The molecule has 0 saturated carbocycles. The minimum atomic E-state index is 0.685. The molecule has 3 N–H and O–H groups in total. The van der Waals surface area contributed by atoms with Crippen molar-refractivity contribution in [3.63, 3.8) is 0 Å². The van der Waals surface area contributed by atoms with Gasteiger partial charge >= 0.3 is 0 Å². The normalized spacial score (nSPS) is 11.5. The lowest BCUT2D eigenvalue weighted by Gasteiger charge is -2.10. The van der Waals surface area contributed by atoms with Gasteiger partial charge in [0.15, 0.2) is 0 Å². The number of nitrogens with zero attached hydrogens (tertiary/aromatic N) is 3. The summed E-state index contributed by atoms with van der Waals surface area (Å²) in [5.41, 5.74) is 12.9. The molecule has 0 amide bonds. The summed E-state index contributed by atoms with van der Waals surface area (Å²) < 4.78 is 11.1. The van der Waals surface area contributed by atoms with Gasteiger partial charge in [0.2, 0.25) is 0 Å². The van der Waals surface area contributed by atoms with Gasteiger partial charge in [-0.3, -0.25) is 0 Å². The number of methoxy groups -OCH3 is 1. The molecule has 0 atom stereocenters. The number of nitrogens with one attached hydrogen (secondary N) is 1. The number of benzene rings is 2. The van der Waals surface area contributed by atoms with Crippen molar-refractivity contribution in [3.8, 4) is 28.1 Å². The molecule has 5 rings (SSSR count). The van der Waals surface area contributed by atoms with Crippen LogP contribution in [0, 0.1) is 20.8 Å². The van der Waals surface area contributed by atoms with Crippen LogP contribution in [0.1, 0.15) is 17.3 Å². The van der Waals surface area contributed by atoms with Crippen molar-refractivity contribution in [3.05, 3.63) is 53.7 Å². The fraction of sp³-hybridized carbons (Fsp3) is 0.174. The third kappa shape index (κ3) is 2.70. The lowest BCUT2D eigenvalue weighted by atomic mass is 9.99. The van der Waals surface area contributed by atoms with E-state index in [0.717, 1.165) is 61.5 Å². The van der Waals surface area contributed by atoms with Gasteiger partial charge in [-0.15, -0.1) is 0 Å². The Bertz CT molecular complexity index is 1410. The van der Waals surface area contributed by atoms with E-state index in [2.05, 4.69) is 21.2 Å². The van der Waals surface area contributed by atoms with Gasteiger partial charge in [-0.1, -0.05) is 17.3 Å². The van der Waals surface area contributed by atoms with Crippen LogP contribution in [0.2, 0.25) is 0 Å². The summed E-state index contributed by atoms with van der Waals surface area (Å²) in [5.74, 6) is 2.17. The molecular weight excluding hydrogens is 378 g/mol. The Morgan fingerprint density at radius 3 is 2.60 bits per heavy atom. The highest BCUT2D eigenvalue weighted by Crippen LogP contribution is 2.41. The molecule has 30 heavy (non-hydrogen) atoms. The maximum absolute atomic E-state index is 6.03. The van der Waals surface area contributed by atoms with Gasteiger partial charge in [-0.2, -0.15) is 0 Å². The van der Waals surface area contributed by atoms with E-state index in [4.69, 9.17) is 20.0 Å². The van der Waals surface area contributed by atoms with Crippen LogP contribution in [0.4, 0.5) is 5.69 Å². The molecule has 0 aliphatic rings. The van der Waals surface area contributed by atoms with E-state index in [-0.39, 0.29) is 0 Å². The molecule has 0 aliphatic heterocycles. The second kappa shape index (κ2) is 6.59. The van der Waals surface area contributed by atoms with E-state index < -0.39 is 0 Å². The lowest BCUT2D eigenvalue weighted by molar-refractivity contribution is 0.393. The summed E-state index contributed by atoms with van der Waals surface area (Å²) in [6.45, 7) is 5.71. The Balaban J connectivity index is 1.86. The van der Waals surface area contributed by atoms with Crippen molar-refractivity contribution in [1.82, 2.24) is 20.1 Å². The molecule has 7 heteroatoms. The topological polar surface area (TPSA) is 103 Å². The number of aromatic nitrogens is 4. The van der Waals surface area contributed by atoms with Crippen molar-refractivity contribution >= 4 is 27.6 Å². The maximum atomic E-state index is 6.03. The number of nitrogens with two attached hydrogens (primary N) is 1. The van der Waals surface area contributed by atoms with E-state index in [1.165, 1.54) is 0 Å². The minimum Gasteiger partial charge on any atom is -0.496 e. The van der Waals surface area contributed by atoms with Gasteiger partial charge < -0.3 is 20.0 Å². The zero-order valence-electron chi connectivity index (χ0n) is 17.2. The first kappa shape index (κ1) is 18.2. The number of anilines is 1. The number of fused-ring (bicyclic) bond motifs is 3. The van der Waals surface area contributed by atoms with E-state index in [1.807, 2.05) is 51.1 Å². The van der Waals surface area contributed by atoms with Crippen LogP contribution < -0.4 is 10.5 Å². The monoisotopic (exact) mass is 399 g/mol. The second-order valence-corrected chi connectivity index (χ2v) is 7.39. The maximum Gasteiger partial charge on any atom is 0.142 e. The quantitative estimate of drug-likeness (QED) is 0.416. The molecule has 0 saturated heterocycles. The number of nitrogen functional groups attached to an aromatic ring is 1. The van der Waals surface area contributed by atoms with E-state index in [0.29, 0.717) is 11.5 Å². The number of rotatable bonds is 3. The summed E-state index contributed by atoms with van der Waals surface area (Å²) in [5, 5.41) is 6.01. The van der Waals surface area contributed by atoms with E-state index >= 15 is 0 Å². The van der Waals surface area contributed by atoms with Crippen LogP contribution in [0.15, 0.2) is 40.9 Å². The molecule has 0 fully saturated rings. The van der Waals surface area contributed by atoms with Gasteiger partial charge in [-0.05, 0) is 45.0 Å². The molecule has 3 aromatic heterocycles. The van der Waals surface area contributed by atoms with Crippen LogP contribution in [0.3, 0.4) is 0 Å². The fourth-order valence-corrected chi connectivity index (χ4v) is 4.06. The first-order valence-electron chi connectivity index (χ1n) is 9.63. The Labute approximate surface area is 172 Å². The second-order valence-electron chi connectivity index (χ2n) is 7.39. The first-order valence-corrected chi connectivity index (χ1v) is 9.63. The highest BCUT2D eigenvalue weighted by atomic mass is 16.5.